The van der Waals surface area contributed by atoms with Crippen LogP contribution in [0, 0.1) is 11.3 Å². The molecule has 0 aromatic rings. The maximum absolute atomic E-state index is 11.4. The van der Waals surface area contributed by atoms with Gasteiger partial charge in [0.25, 0.3) is 0 Å². The summed E-state index contributed by atoms with van der Waals surface area (Å²) in [4.78, 5) is 22.7. The van der Waals surface area contributed by atoms with Crippen LogP contribution >= 0.6 is 0 Å². The molecule has 1 radical (unpaired) electrons. The molecule has 0 spiro atoms. The van der Waals surface area contributed by atoms with Crippen LogP contribution < -0.4 is 0 Å². The molecule has 0 saturated heterocycles. The largest absolute Gasteiger partial charge is 0.299 e. The van der Waals surface area contributed by atoms with E-state index in [1.807, 2.05) is 34.6 Å². The molecule has 0 amide bonds. The van der Waals surface area contributed by atoms with Crippen molar-refractivity contribution in [2.24, 2.45) is 11.3 Å². The van der Waals surface area contributed by atoms with E-state index in [2.05, 4.69) is 0 Å². The Kier molecular flexibility index (Phi) is 7.41. The molecule has 0 bridgehead atoms. The molecule has 0 aliphatic heterocycles. The SMILES string of the molecule is CC(C)CC(=O)CC(=O)C(C)(C)C.[Cu]. The van der Waals surface area contributed by atoms with E-state index in [1.165, 1.54) is 0 Å². The number of rotatable bonds is 4. The van der Waals surface area contributed by atoms with Crippen LogP contribution in [0.2, 0.25) is 0 Å². The van der Waals surface area contributed by atoms with Gasteiger partial charge in [-0.05, 0) is 5.92 Å². The first-order valence-corrected chi connectivity index (χ1v) is 4.78. The van der Waals surface area contributed by atoms with Crippen LogP contribution in [0.4, 0.5) is 0 Å². The van der Waals surface area contributed by atoms with Crippen molar-refractivity contribution in [1.29, 1.82) is 0 Å². The second kappa shape index (κ2) is 6.36. The summed E-state index contributed by atoms with van der Waals surface area (Å²) in [5.41, 5.74) is -0.382. The quantitative estimate of drug-likeness (QED) is 0.565. The third-order valence-electron chi connectivity index (χ3n) is 1.83. The van der Waals surface area contributed by atoms with Crippen molar-refractivity contribution in [2.75, 3.05) is 0 Å². The van der Waals surface area contributed by atoms with Gasteiger partial charge in [0.2, 0.25) is 0 Å². The molecule has 14 heavy (non-hydrogen) atoms. The van der Waals surface area contributed by atoms with Gasteiger partial charge >= 0.3 is 0 Å². The van der Waals surface area contributed by atoms with E-state index in [-0.39, 0.29) is 40.5 Å². The van der Waals surface area contributed by atoms with Gasteiger partial charge in [-0.15, -0.1) is 0 Å². The predicted octanol–water partition coefficient (Wildman–Crippen LogP) is 2.60. The number of Topliss-reactive ketones (excluding diaryl/α,β-unsaturated/α-hetero) is 2. The molecule has 0 unspecified atom stereocenters. The molecule has 3 heteroatoms. The first-order chi connectivity index (χ1) is 5.73. The third-order valence-corrected chi connectivity index (χ3v) is 1.83. The smallest absolute Gasteiger partial charge is 0.145 e. The average molecular weight is 248 g/mol. The molecule has 0 rings (SSSR count). The minimum absolute atomic E-state index is 0. The first-order valence-electron chi connectivity index (χ1n) is 4.78. The molecule has 0 aliphatic carbocycles. The van der Waals surface area contributed by atoms with Crippen LogP contribution in [0.5, 0.6) is 0 Å². The van der Waals surface area contributed by atoms with Gasteiger partial charge < -0.3 is 0 Å². The molecular formula is C11H20CuO2. The molecule has 0 heterocycles. The number of carbonyl (C=O) groups excluding carboxylic acids is 2. The predicted molar refractivity (Wildman–Crippen MR) is 53.5 cm³/mol. The summed E-state index contributed by atoms with van der Waals surface area (Å²) in [7, 11) is 0. The Morgan fingerprint density at radius 3 is 1.86 bits per heavy atom. The Balaban J connectivity index is 0. The molecule has 0 aliphatic rings. The van der Waals surface area contributed by atoms with Gasteiger partial charge in [-0.3, -0.25) is 9.59 Å². The van der Waals surface area contributed by atoms with Crippen LogP contribution in [0.1, 0.15) is 47.5 Å². The Labute approximate surface area is 97.3 Å². The molecule has 0 aromatic carbocycles. The van der Waals surface area contributed by atoms with Gasteiger partial charge in [-0.1, -0.05) is 34.6 Å². The third kappa shape index (κ3) is 7.28. The van der Waals surface area contributed by atoms with E-state index < -0.39 is 0 Å². The Morgan fingerprint density at radius 1 is 1.14 bits per heavy atom. The summed E-state index contributed by atoms with van der Waals surface area (Å²) in [6.07, 6.45) is 0.615. The van der Waals surface area contributed by atoms with Gasteiger partial charge in [0.05, 0.1) is 6.42 Å². The maximum atomic E-state index is 11.4. The second-order valence-electron chi connectivity index (χ2n) is 4.99. The fourth-order valence-electron chi connectivity index (χ4n) is 0.972. The molecule has 2 nitrogen and oxygen atoms in total. The van der Waals surface area contributed by atoms with Gasteiger partial charge in [0, 0.05) is 28.9 Å². The number of hydrogen-bond acceptors (Lipinski definition) is 2. The molecule has 0 aromatic heterocycles. The minimum Gasteiger partial charge on any atom is -0.299 e. The number of hydrogen-bond donors (Lipinski definition) is 0. The van der Waals surface area contributed by atoms with E-state index >= 15 is 0 Å². The molecule has 0 atom stereocenters. The molecule has 0 saturated carbocycles. The fraction of sp³-hybridized carbons (Fsp3) is 0.818. The summed E-state index contributed by atoms with van der Waals surface area (Å²) in [6.45, 7) is 9.51. The fourth-order valence-corrected chi connectivity index (χ4v) is 0.972. The van der Waals surface area contributed by atoms with Crippen LogP contribution in [0.15, 0.2) is 0 Å². The van der Waals surface area contributed by atoms with Crippen LogP contribution in [-0.2, 0) is 26.7 Å². The first kappa shape index (κ1) is 16.3. The van der Waals surface area contributed by atoms with Crippen molar-refractivity contribution < 1.29 is 26.7 Å². The topological polar surface area (TPSA) is 34.1 Å². The number of carbonyl (C=O) groups is 2. The zero-order valence-electron chi connectivity index (χ0n) is 9.61. The number of ketones is 2. The summed E-state index contributed by atoms with van der Waals surface area (Å²) < 4.78 is 0. The summed E-state index contributed by atoms with van der Waals surface area (Å²) in [5, 5.41) is 0. The Bertz CT molecular complexity index is 202. The zero-order chi connectivity index (χ0) is 10.6. The van der Waals surface area contributed by atoms with E-state index in [1.54, 1.807) is 0 Å². The summed E-state index contributed by atoms with van der Waals surface area (Å²) in [6, 6.07) is 0. The van der Waals surface area contributed by atoms with Crippen molar-refractivity contribution in [3.05, 3.63) is 0 Å². The maximum Gasteiger partial charge on any atom is 0.145 e. The van der Waals surface area contributed by atoms with Crippen molar-refractivity contribution in [3.8, 4) is 0 Å². The van der Waals surface area contributed by atoms with Crippen molar-refractivity contribution in [2.45, 2.75) is 47.5 Å². The van der Waals surface area contributed by atoms with Gasteiger partial charge in [-0.25, -0.2) is 0 Å². The Hall–Kier alpha value is -0.141. The van der Waals surface area contributed by atoms with Crippen LogP contribution in [-0.4, -0.2) is 11.6 Å². The van der Waals surface area contributed by atoms with Crippen molar-refractivity contribution in [1.82, 2.24) is 0 Å². The van der Waals surface area contributed by atoms with Crippen LogP contribution in [0.25, 0.3) is 0 Å². The normalized spacial score (nSPS) is 11.0. The monoisotopic (exact) mass is 247 g/mol. The van der Waals surface area contributed by atoms with Gasteiger partial charge in [0.1, 0.15) is 11.6 Å². The minimum atomic E-state index is -0.382. The Morgan fingerprint density at radius 2 is 1.57 bits per heavy atom. The van der Waals surface area contributed by atoms with Crippen LogP contribution in [0.3, 0.4) is 0 Å². The second-order valence-corrected chi connectivity index (χ2v) is 4.99. The molecule has 87 valence electrons. The summed E-state index contributed by atoms with van der Waals surface area (Å²) >= 11 is 0. The van der Waals surface area contributed by atoms with E-state index in [4.69, 9.17) is 0 Å². The molecule has 0 fully saturated rings. The zero-order valence-corrected chi connectivity index (χ0v) is 10.6. The van der Waals surface area contributed by atoms with Gasteiger partial charge in [-0.2, -0.15) is 0 Å². The van der Waals surface area contributed by atoms with Crippen molar-refractivity contribution >= 4 is 11.6 Å². The molecule has 0 N–H and O–H groups in total. The van der Waals surface area contributed by atoms with Crippen molar-refractivity contribution in [3.63, 3.8) is 0 Å². The van der Waals surface area contributed by atoms with Gasteiger partial charge in [0.15, 0.2) is 0 Å². The average Bonchev–Trinajstić information content (AvgIpc) is 1.82. The van der Waals surface area contributed by atoms with E-state index in [0.717, 1.165) is 0 Å². The molecular weight excluding hydrogens is 228 g/mol. The van der Waals surface area contributed by atoms with E-state index in [0.29, 0.717) is 12.3 Å². The summed E-state index contributed by atoms with van der Waals surface area (Å²) in [5.74, 6) is 0.452. The van der Waals surface area contributed by atoms with E-state index in [9.17, 15) is 9.59 Å². The standard InChI is InChI=1S/C11H20O2.Cu/c1-8(2)6-9(12)7-10(13)11(3,4)5;/h8H,6-7H2,1-5H3;.